The lowest BCUT2D eigenvalue weighted by atomic mass is 9.96. The van der Waals surface area contributed by atoms with E-state index < -0.39 is 29.1 Å². The van der Waals surface area contributed by atoms with Crippen molar-refractivity contribution in [2.75, 3.05) is 12.4 Å². The molecule has 3 aromatic heterocycles. The summed E-state index contributed by atoms with van der Waals surface area (Å²) in [5, 5.41) is 20.9. The van der Waals surface area contributed by atoms with Crippen LogP contribution in [-0.4, -0.2) is 44.1 Å². The highest BCUT2D eigenvalue weighted by molar-refractivity contribution is 7.20. The molecule has 0 spiro atoms. The maximum atomic E-state index is 14.9. The molecule has 0 radical (unpaired) electrons. The van der Waals surface area contributed by atoms with Gasteiger partial charge < -0.3 is 20.9 Å². The molecule has 0 aliphatic carbocycles. The molecule has 1 amide bonds. The number of hydrogen-bond donors (Lipinski definition) is 3. The highest BCUT2D eigenvalue weighted by Gasteiger charge is 2.24. The molecule has 4 aromatic rings. The molecule has 0 aliphatic heterocycles. The Balaban J connectivity index is 1.63. The number of nitrogens with two attached hydrogens (primary N) is 1. The van der Waals surface area contributed by atoms with Crippen LogP contribution in [0.5, 0.6) is 0 Å². The van der Waals surface area contributed by atoms with Crippen molar-refractivity contribution in [2.45, 2.75) is 26.0 Å². The summed E-state index contributed by atoms with van der Waals surface area (Å²) >= 11 is 0.923. The molecule has 37 heavy (non-hydrogen) atoms. The molecular formula is C24H22F2N6O4S. The molecule has 0 saturated carbocycles. The van der Waals surface area contributed by atoms with Crippen LogP contribution < -0.4 is 11.1 Å². The fourth-order valence-electron chi connectivity index (χ4n) is 3.45. The van der Waals surface area contributed by atoms with E-state index in [4.69, 9.17) is 5.73 Å². The number of hydrogen-bond acceptors (Lipinski definition) is 9. The topological polar surface area (TPSA) is 145 Å². The van der Waals surface area contributed by atoms with E-state index in [9.17, 15) is 23.5 Å². The van der Waals surface area contributed by atoms with Crippen LogP contribution in [0.1, 0.15) is 46.0 Å². The number of aliphatic hydroxyl groups is 1. The van der Waals surface area contributed by atoms with Gasteiger partial charge in [0.1, 0.15) is 22.5 Å². The van der Waals surface area contributed by atoms with Gasteiger partial charge in [-0.3, -0.25) is 4.79 Å². The van der Waals surface area contributed by atoms with E-state index in [1.807, 2.05) is 0 Å². The van der Waals surface area contributed by atoms with Crippen molar-refractivity contribution < 1.29 is 28.2 Å². The highest BCUT2D eigenvalue weighted by atomic mass is 32.1. The summed E-state index contributed by atoms with van der Waals surface area (Å²) in [5.41, 5.74) is 4.42. The van der Waals surface area contributed by atoms with Gasteiger partial charge in [0.05, 0.1) is 42.3 Å². The number of rotatable bonds is 8. The lowest BCUT2D eigenvalue weighted by Crippen LogP contribution is -2.16. The zero-order chi connectivity index (χ0) is 26.9. The molecule has 3 heterocycles. The van der Waals surface area contributed by atoms with Gasteiger partial charge in [0, 0.05) is 4.88 Å². The van der Waals surface area contributed by atoms with Gasteiger partial charge in [0.25, 0.3) is 5.91 Å². The van der Waals surface area contributed by atoms with Crippen LogP contribution in [0.15, 0.2) is 42.6 Å². The third kappa shape index (κ3) is 5.62. The number of amides is 1. The van der Waals surface area contributed by atoms with E-state index in [0.29, 0.717) is 11.5 Å². The van der Waals surface area contributed by atoms with Crippen LogP contribution in [0.2, 0.25) is 0 Å². The summed E-state index contributed by atoms with van der Waals surface area (Å²) in [5.74, 6) is -2.86. The number of nitrogens with one attached hydrogen (secondary N) is 1. The zero-order valence-electron chi connectivity index (χ0n) is 20.0. The van der Waals surface area contributed by atoms with Crippen LogP contribution >= 0.6 is 11.3 Å². The number of anilines is 2. The zero-order valence-corrected chi connectivity index (χ0v) is 20.8. The Morgan fingerprint density at radius 3 is 2.54 bits per heavy atom. The predicted molar refractivity (Wildman–Crippen MR) is 131 cm³/mol. The average molecular weight is 529 g/mol. The lowest BCUT2D eigenvalue weighted by Gasteiger charge is -2.18. The number of thiophene rings is 1. The Morgan fingerprint density at radius 2 is 1.92 bits per heavy atom. The second-order valence-electron chi connectivity index (χ2n) is 8.52. The number of methoxy groups -OCH3 is 1. The maximum absolute atomic E-state index is 14.9. The van der Waals surface area contributed by atoms with Gasteiger partial charge in [-0.25, -0.2) is 23.2 Å². The monoisotopic (exact) mass is 528 g/mol. The van der Waals surface area contributed by atoms with E-state index in [0.717, 1.165) is 23.5 Å². The first-order valence-electron chi connectivity index (χ1n) is 10.8. The number of pyridine rings is 1. The number of esters is 1. The Bertz CT molecular complexity index is 1470. The van der Waals surface area contributed by atoms with Crippen LogP contribution in [-0.2, 0) is 16.9 Å². The van der Waals surface area contributed by atoms with Crippen molar-refractivity contribution >= 4 is 34.0 Å². The number of ether oxygens (including phenoxy) is 1. The van der Waals surface area contributed by atoms with Gasteiger partial charge in [-0.1, -0.05) is 11.3 Å². The number of primary amides is 1. The SMILES string of the molecule is COC(=O)c1cn(Cc2cccc(Nc3sc(-c4c(F)cc(C(C)(C)O)cc4F)cc3C(N)=O)n2)nn1. The summed E-state index contributed by atoms with van der Waals surface area (Å²) in [7, 11) is 1.24. The van der Waals surface area contributed by atoms with Crippen molar-refractivity contribution in [3.05, 3.63) is 76.7 Å². The van der Waals surface area contributed by atoms with Gasteiger partial charge in [0.15, 0.2) is 5.69 Å². The van der Waals surface area contributed by atoms with Gasteiger partial charge >= 0.3 is 5.97 Å². The van der Waals surface area contributed by atoms with E-state index >= 15 is 0 Å². The molecule has 192 valence electrons. The summed E-state index contributed by atoms with van der Waals surface area (Å²) < 4.78 is 35.8. The van der Waals surface area contributed by atoms with E-state index in [1.54, 1.807) is 18.2 Å². The van der Waals surface area contributed by atoms with E-state index in [1.165, 1.54) is 37.9 Å². The predicted octanol–water partition coefficient (Wildman–Crippen LogP) is 3.58. The van der Waals surface area contributed by atoms with E-state index in [-0.39, 0.29) is 38.8 Å². The normalized spacial score (nSPS) is 11.4. The number of benzene rings is 1. The van der Waals surface area contributed by atoms with Crippen molar-refractivity contribution in [3.8, 4) is 10.4 Å². The molecule has 1 aromatic carbocycles. The summed E-state index contributed by atoms with van der Waals surface area (Å²) in [4.78, 5) is 28.3. The van der Waals surface area contributed by atoms with Gasteiger partial charge in [-0.15, -0.1) is 16.4 Å². The van der Waals surface area contributed by atoms with Crippen LogP contribution in [0.25, 0.3) is 10.4 Å². The number of carbonyl (C=O) groups is 2. The fourth-order valence-corrected chi connectivity index (χ4v) is 4.56. The van der Waals surface area contributed by atoms with Crippen molar-refractivity contribution in [3.63, 3.8) is 0 Å². The van der Waals surface area contributed by atoms with Gasteiger partial charge in [0.2, 0.25) is 0 Å². The number of halogens is 2. The first-order chi connectivity index (χ1) is 17.5. The van der Waals surface area contributed by atoms with Crippen LogP contribution in [0, 0.1) is 11.6 Å². The minimum absolute atomic E-state index is 0.0246. The summed E-state index contributed by atoms with van der Waals surface area (Å²) in [6.07, 6.45) is 1.41. The Labute approximate surface area is 213 Å². The smallest absolute Gasteiger partial charge is 0.360 e. The van der Waals surface area contributed by atoms with Gasteiger partial charge in [-0.2, -0.15) is 0 Å². The molecule has 0 aliphatic rings. The minimum Gasteiger partial charge on any atom is -0.464 e. The second-order valence-corrected chi connectivity index (χ2v) is 9.58. The molecule has 4 rings (SSSR count). The van der Waals surface area contributed by atoms with Crippen molar-refractivity contribution in [1.82, 2.24) is 20.0 Å². The van der Waals surface area contributed by atoms with Crippen LogP contribution in [0.4, 0.5) is 19.6 Å². The molecule has 0 bridgehead atoms. The molecule has 4 N–H and O–H groups in total. The first kappa shape index (κ1) is 25.9. The Hall–Kier alpha value is -4.23. The molecular weight excluding hydrogens is 506 g/mol. The Kier molecular flexibility index (Phi) is 7.01. The summed E-state index contributed by atoms with van der Waals surface area (Å²) in [6, 6.07) is 8.46. The Morgan fingerprint density at radius 1 is 1.22 bits per heavy atom. The highest BCUT2D eigenvalue weighted by Crippen LogP contribution is 2.40. The lowest BCUT2D eigenvalue weighted by molar-refractivity contribution is 0.0593. The van der Waals surface area contributed by atoms with Crippen LogP contribution in [0.3, 0.4) is 0 Å². The molecule has 0 unspecified atom stereocenters. The third-order valence-electron chi connectivity index (χ3n) is 5.30. The standard InChI is InChI=1S/C24H22F2N6O4S/c1-24(2,35)12-7-15(25)20(16(26)8-12)18-9-14(21(27)33)22(37-18)29-19-6-4-5-13(28-19)10-32-11-17(30-31-32)23(34)36-3/h4-9,11,35H,10H2,1-3H3,(H2,27,33)(H,28,29). The average Bonchev–Trinajstić information content (AvgIpc) is 3.45. The quantitative estimate of drug-likeness (QED) is 0.294. The van der Waals surface area contributed by atoms with Crippen molar-refractivity contribution in [1.29, 1.82) is 0 Å². The maximum Gasteiger partial charge on any atom is 0.360 e. The fraction of sp³-hybridized carbons (Fsp3) is 0.208. The second kappa shape index (κ2) is 10.0. The molecule has 10 nitrogen and oxygen atoms in total. The van der Waals surface area contributed by atoms with E-state index in [2.05, 4.69) is 25.3 Å². The third-order valence-corrected chi connectivity index (χ3v) is 6.37. The van der Waals surface area contributed by atoms with Gasteiger partial charge in [-0.05, 0) is 49.7 Å². The van der Waals surface area contributed by atoms with Crippen molar-refractivity contribution in [2.24, 2.45) is 5.73 Å². The first-order valence-corrected chi connectivity index (χ1v) is 11.6. The molecule has 0 fully saturated rings. The molecule has 13 heteroatoms. The molecule has 0 atom stereocenters. The number of carbonyl (C=O) groups excluding carboxylic acids is 2. The molecule has 0 saturated heterocycles. The largest absolute Gasteiger partial charge is 0.464 e. The number of nitrogens with zero attached hydrogens (tertiary/aromatic N) is 4. The number of aromatic nitrogens is 4. The minimum atomic E-state index is -1.44. The summed E-state index contributed by atoms with van der Waals surface area (Å²) in [6.45, 7) is 3.02.